The highest BCUT2D eigenvalue weighted by atomic mass is 35.5. The van der Waals surface area contributed by atoms with Gasteiger partial charge in [0.15, 0.2) is 5.69 Å². The number of hydrogen-bond acceptors (Lipinski definition) is 3. The Morgan fingerprint density at radius 1 is 1.07 bits per heavy atom. The van der Waals surface area contributed by atoms with Crippen molar-refractivity contribution < 1.29 is 17.6 Å². The van der Waals surface area contributed by atoms with Crippen LogP contribution in [0.15, 0.2) is 59.4 Å². The van der Waals surface area contributed by atoms with Gasteiger partial charge in [0.05, 0.1) is 17.3 Å². The van der Waals surface area contributed by atoms with E-state index in [9.17, 15) is 22.4 Å². The molecule has 0 bridgehead atoms. The summed E-state index contributed by atoms with van der Waals surface area (Å²) in [4.78, 5) is 15.9. The van der Waals surface area contributed by atoms with Crippen LogP contribution in [0.1, 0.15) is 11.3 Å². The molecular formula is C18H12ClF4N3O. The highest BCUT2D eigenvalue weighted by Crippen LogP contribution is 2.29. The zero-order valence-corrected chi connectivity index (χ0v) is 14.4. The number of aromatic nitrogens is 2. The fourth-order valence-electron chi connectivity index (χ4n) is 2.35. The van der Waals surface area contributed by atoms with E-state index in [1.54, 1.807) is 18.2 Å². The van der Waals surface area contributed by atoms with Crippen LogP contribution in [-0.2, 0) is 12.7 Å². The Bertz CT molecular complexity index is 1020. The van der Waals surface area contributed by atoms with E-state index in [0.29, 0.717) is 17.3 Å². The third-order valence-corrected chi connectivity index (χ3v) is 4.00. The van der Waals surface area contributed by atoms with Crippen LogP contribution in [0.4, 0.5) is 29.2 Å². The molecule has 9 heteroatoms. The number of para-hydroxylation sites is 1. The molecule has 0 saturated heterocycles. The molecule has 3 aromatic rings. The van der Waals surface area contributed by atoms with Crippen molar-refractivity contribution in [2.45, 2.75) is 12.7 Å². The lowest BCUT2D eigenvalue weighted by Gasteiger charge is -2.16. The van der Waals surface area contributed by atoms with Crippen molar-refractivity contribution in [1.29, 1.82) is 0 Å². The molecule has 0 atom stereocenters. The number of halogens is 5. The zero-order chi connectivity index (χ0) is 19.6. The fraction of sp³-hybridized carbons (Fsp3) is 0.111. The summed E-state index contributed by atoms with van der Waals surface area (Å²) in [5, 5.41) is 2.92. The maximum Gasteiger partial charge on any atom is 0.433 e. The molecule has 0 spiro atoms. The van der Waals surface area contributed by atoms with Gasteiger partial charge in [-0.2, -0.15) is 13.2 Å². The first-order chi connectivity index (χ1) is 12.7. The molecule has 0 aliphatic carbocycles. The van der Waals surface area contributed by atoms with Crippen LogP contribution in [0.5, 0.6) is 0 Å². The topological polar surface area (TPSA) is 46.9 Å². The Kier molecular flexibility index (Phi) is 5.18. The van der Waals surface area contributed by atoms with E-state index in [-0.39, 0.29) is 17.5 Å². The maximum atomic E-state index is 13.1. The molecule has 0 amide bonds. The lowest BCUT2D eigenvalue weighted by atomic mass is 10.2. The van der Waals surface area contributed by atoms with Gasteiger partial charge in [-0.05, 0) is 29.8 Å². The summed E-state index contributed by atoms with van der Waals surface area (Å²) in [5.74, 6) is -0.793. The van der Waals surface area contributed by atoms with E-state index in [2.05, 4.69) is 10.3 Å². The van der Waals surface area contributed by atoms with Crippen molar-refractivity contribution in [2.24, 2.45) is 0 Å². The third-order valence-electron chi connectivity index (χ3n) is 3.67. The Hall–Kier alpha value is -2.87. The maximum absolute atomic E-state index is 13.1. The number of hydrogen-bond donors (Lipinski definition) is 1. The van der Waals surface area contributed by atoms with Crippen LogP contribution in [0.25, 0.3) is 0 Å². The summed E-state index contributed by atoms with van der Waals surface area (Å²) in [5.41, 5.74) is -1.42. The van der Waals surface area contributed by atoms with Crippen LogP contribution in [0.3, 0.4) is 0 Å². The minimum atomic E-state index is -4.79. The van der Waals surface area contributed by atoms with Crippen LogP contribution in [0.2, 0.25) is 5.02 Å². The number of rotatable bonds is 4. The van der Waals surface area contributed by atoms with E-state index in [1.165, 1.54) is 30.3 Å². The first kappa shape index (κ1) is 18.9. The molecule has 1 heterocycles. The van der Waals surface area contributed by atoms with E-state index in [1.807, 2.05) is 0 Å². The second-order valence-corrected chi connectivity index (χ2v) is 6.03. The molecule has 27 heavy (non-hydrogen) atoms. The van der Waals surface area contributed by atoms with Crippen LogP contribution >= 0.6 is 11.6 Å². The Labute approximate surface area is 156 Å². The number of alkyl halides is 3. The molecule has 2 aromatic carbocycles. The normalized spacial score (nSPS) is 11.4. The van der Waals surface area contributed by atoms with Crippen LogP contribution in [-0.4, -0.2) is 9.55 Å². The summed E-state index contributed by atoms with van der Waals surface area (Å²) in [7, 11) is 0. The average Bonchev–Trinajstić information content (AvgIpc) is 2.60. The summed E-state index contributed by atoms with van der Waals surface area (Å²) in [6, 6.07) is 12.0. The number of anilines is 2. The van der Waals surface area contributed by atoms with Crippen LogP contribution < -0.4 is 10.9 Å². The van der Waals surface area contributed by atoms with Gasteiger partial charge < -0.3 is 5.32 Å². The molecule has 0 saturated carbocycles. The Morgan fingerprint density at radius 3 is 2.37 bits per heavy atom. The van der Waals surface area contributed by atoms with Gasteiger partial charge in [0.1, 0.15) is 5.82 Å². The predicted octanol–water partition coefficient (Wildman–Crippen LogP) is 4.85. The highest BCUT2D eigenvalue weighted by molar-refractivity contribution is 6.33. The lowest BCUT2D eigenvalue weighted by molar-refractivity contribution is -0.141. The van der Waals surface area contributed by atoms with Gasteiger partial charge in [0, 0.05) is 6.07 Å². The van der Waals surface area contributed by atoms with Gasteiger partial charge in [-0.3, -0.25) is 9.36 Å². The van der Waals surface area contributed by atoms with Gasteiger partial charge >= 0.3 is 6.18 Å². The number of nitrogens with one attached hydrogen (secondary N) is 1. The van der Waals surface area contributed by atoms with Crippen molar-refractivity contribution in [3.05, 3.63) is 87.0 Å². The molecule has 0 aliphatic heterocycles. The monoisotopic (exact) mass is 397 g/mol. The fourth-order valence-corrected chi connectivity index (χ4v) is 2.54. The molecule has 0 aliphatic rings. The smallest absolute Gasteiger partial charge is 0.324 e. The average molecular weight is 398 g/mol. The molecule has 1 N–H and O–H groups in total. The molecule has 1 aromatic heterocycles. The molecule has 4 nitrogen and oxygen atoms in total. The minimum Gasteiger partial charge on any atom is -0.324 e. The summed E-state index contributed by atoms with van der Waals surface area (Å²) >= 11 is 6.03. The quantitative estimate of drug-likeness (QED) is 0.640. The van der Waals surface area contributed by atoms with E-state index in [0.717, 1.165) is 4.57 Å². The van der Waals surface area contributed by atoms with E-state index >= 15 is 0 Å². The Morgan fingerprint density at radius 2 is 1.74 bits per heavy atom. The Balaban J connectivity index is 2.09. The first-order valence-corrected chi connectivity index (χ1v) is 8.07. The molecular weight excluding hydrogens is 386 g/mol. The first-order valence-electron chi connectivity index (χ1n) is 7.69. The van der Waals surface area contributed by atoms with Gasteiger partial charge in [0.25, 0.3) is 5.56 Å². The number of nitrogens with zero attached hydrogens (tertiary/aromatic N) is 2. The number of benzene rings is 2. The summed E-state index contributed by atoms with van der Waals surface area (Å²) < 4.78 is 53.3. The van der Waals surface area contributed by atoms with Crippen molar-refractivity contribution in [1.82, 2.24) is 9.55 Å². The summed E-state index contributed by atoms with van der Waals surface area (Å²) in [6.45, 7) is -0.100. The zero-order valence-electron chi connectivity index (χ0n) is 13.6. The standard InChI is InChI=1S/C18H12ClF4N3O/c19-13-3-1-2-4-14(13)24-17-25-15(18(21,22)23)9-16(27)26(17)10-11-5-7-12(20)8-6-11/h1-9H,10H2,(H,24,25). The van der Waals surface area contributed by atoms with Crippen molar-refractivity contribution in [2.75, 3.05) is 5.32 Å². The van der Waals surface area contributed by atoms with Gasteiger partial charge in [0.2, 0.25) is 5.95 Å². The molecule has 140 valence electrons. The van der Waals surface area contributed by atoms with Gasteiger partial charge in [-0.25, -0.2) is 9.37 Å². The molecule has 0 unspecified atom stereocenters. The van der Waals surface area contributed by atoms with Crippen molar-refractivity contribution in [3.63, 3.8) is 0 Å². The largest absolute Gasteiger partial charge is 0.433 e. The van der Waals surface area contributed by atoms with Crippen LogP contribution in [0, 0.1) is 5.82 Å². The van der Waals surface area contributed by atoms with E-state index < -0.39 is 23.2 Å². The second-order valence-electron chi connectivity index (χ2n) is 5.62. The second kappa shape index (κ2) is 7.40. The SMILES string of the molecule is O=c1cc(C(F)(F)F)nc(Nc2ccccc2Cl)n1Cc1ccc(F)cc1. The summed E-state index contributed by atoms with van der Waals surface area (Å²) in [6.07, 6.45) is -4.79. The van der Waals surface area contributed by atoms with E-state index in [4.69, 9.17) is 11.6 Å². The van der Waals surface area contributed by atoms with Gasteiger partial charge in [-0.15, -0.1) is 0 Å². The van der Waals surface area contributed by atoms with Crippen molar-refractivity contribution in [3.8, 4) is 0 Å². The predicted molar refractivity (Wildman–Crippen MR) is 93.7 cm³/mol. The third kappa shape index (κ3) is 4.46. The van der Waals surface area contributed by atoms with Crippen molar-refractivity contribution >= 4 is 23.2 Å². The molecule has 0 radical (unpaired) electrons. The highest BCUT2D eigenvalue weighted by Gasteiger charge is 2.34. The molecule has 0 fully saturated rings. The lowest BCUT2D eigenvalue weighted by Crippen LogP contribution is -2.27. The van der Waals surface area contributed by atoms with Gasteiger partial charge in [-0.1, -0.05) is 35.9 Å². The molecule has 3 rings (SSSR count). The minimum absolute atomic E-state index is 0.100.